The van der Waals surface area contributed by atoms with Crippen molar-refractivity contribution in [3.8, 4) is 0 Å². The summed E-state index contributed by atoms with van der Waals surface area (Å²) in [5.41, 5.74) is 0.935. The fourth-order valence-corrected chi connectivity index (χ4v) is 1.98. The van der Waals surface area contributed by atoms with Crippen molar-refractivity contribution in [2.45, 2.75) is 48.5 Å². The van der Waals surface area contributed by atoms with E-state index >= 15 is 0 Å². The Hall–Kier alpha value is -2.11. The van der Waals surface area contributed by atoms with Crippen molar-refractivity contribution in [3.63, 3.8) is 0 Å². The van der Waals surface area contributed by atoms with Crippen LogP contribution in [0.1, 0.15) is 59.0 Å². The summed E-state index contributed by atoms with van der Waals surface area (Å²) in [6.07, 6.45) is 1.56. The highest BCUT2D eigenvalue weighted by molar-refractivity contribution is 5.85. The molecule has 138 valence electrons. The van der Waals surface area contributed by atoms with Gasteiger partial charge in [0.1, 0.15) is 5.69 Å². The maximum atomic E-state index is 11.2. The quantitative estimate of drug-likeness (QED) is 0.892. The lowest BCUT2D eigenvalue weighted by Gasteiger charge is -2.35. The third-order valence-electron chi connectivity index (χ3n) is 3.06. The van der Waals surface area contributed by atoms with Crippen molar-refractivity contribution in [1.82, 2.24) is 9.88 Å². The molecule has 0 saturated carbocycles. The summed E-state index contributed by atoms with van der Waals surface area (Å²) < 4.78 is 0. The number of pyridine rings is 1. The van der Waals surface area contributed by atoms with Gasteiger partial charge in [0.05, 0.1) is 11.9 Å². The van der Waals surface area contributed by atoms with Gasteiger partial charge < -0.3 is 14.9 Å². The van der Waals surface area contributed by atoms with E-state index in [0.717, 1.165) is 18.8 Å². The minimum Gasteiger partial charge on any atom is -0.477 e. The third-order valence-corrected chi connectivity index (χ3v) is 3.06. The van der Waals surface area contributed by atoms with E-state index < -0.39 is 5.97 Å². The number of anilines is 1. The molecule has 2 rings (SSSR count). The summed E-state index contributed by atoms with van der Waals surface area (Å²) in [6, 6.07) is 3.24. The van der Waals surface area contributed by atoms with E-state index in [4.69, 9.17) is 5.11 Å². The zero-order chi connectivity index (χ0) is 19.1. The molecule has 1 aromatic heterocycles. The van der Waals surface area contributed by atoms with E-state index in [2.05, 4.69) is 9.88 Å². The predicted molar refractivity (Wildman–Crippen MR) is 99.7 cm³/mol. The highest BCUT2D eigenvalue weighted by atomic mass is 16.4. The molecule has 0 bridgehead atoms. The topological polar surface area (TPSA) is 73.7 Å². The highest BCUT2D eigenvalue weighted by Gasteiger charge is 2.19. The van der Waals surface area contributed by atoms with Crippen molar-refractivity contribution in [2.75, 3.05) is 31.1 Å². The molecule has 6 nitrogen and oxygen atoms in total. The minimum absolute atomic E-state index is 0.0427. The lowest BCUT2D eigenvalue weighted by atomic mass is 10.2. The van der Waals surface area contributed by atoms with E-state index in [1.165, 1.54) is 6.07 Å². The number of carbonyl (C=O) groups is 2. The zero-order valence-corrected chi connectivity index (χ0v) is 16.2. The molecule has 1 N–H and O–H groups in total. The lowest BCUT2D eigenvalue weighted by Crippen LogP contribution is -2.48. The van der Waals surface area contributed by atoms with Gasteiger partial charge in [-0.2, -0.15) is 0 Å². The molecule has 0 aliphatic carbocycles. The van der Waals surface area contributed by atoms with Crippen molar-refractivity contribution in [3.05, 3.63) is 24.0 Å². The molecule has 1 aliphatic heterocycles. The zero-order valence-electron chi connectivity index (χ0n) is 16.2. The molecule has 1 saturated heterocycles. The number of aromatic nitrogens is 1. The summed E-state index contributed by atoms with van der Waals surface area (Å²) >= 11 is 0. The van der Waals surface area contributed by atoms with Crippen molar-refractivity contribution < 1.29 is 14.7 Å². The number of carbonyl (C=O) groups excluding carboxylic acids is 1. The van der Waals surface area contributed by atoms with Gasteiger partial charge >= 0.3 is 5.97 Å². The average molecular weight is 339 g/mol. The normalized spacial score (nSPS) is 12.5. The predicted octanol–water partition coefficient (Wildman–Crippen LogP) is 3.53. The van der Waals surface area contributed by atoms with Crippen LogP contribution in [-0.4, -0.2) is 53.0 Å². The maximum Gasteiger partial charge on any atom is 0.354 e. The molecular weight excluding hydrogens is 306 g/mol. The van der Waals surface area contributed by atoms with Crippen LogP contribution in [0.25, 0.3) is 0 Å². The number of amides is 1. The Morgan fingerprint density at radius 1 is 0.958 bits per heavy atom. The number of piperazine rings is 1. The van der Waals surface area contributed by atoms with Gasteiger partial charge in [-0.1, -0.05) is 41.5 Å². The number of aromatic carboxylic acids is 1. The molecule has 1 aromatic rings. The summed E-state index contributed by atoms with van der Waals surface area (Å²) in [7, 11) is 0. The van der Waals surface area contributed by atoms with Gasteiger partial charge in [-0.15, -0.1) is 0 Å². The van der Waals surface area contributed by atoms with Gasteiger partial charge in [-0.05, 0) is 12.1 Å². The summed E-state index contributed by atoms with van der Waals surface area (Å²) in [5, 5.41) is 8.76. The van der Waals surface area contributed by atoms with Crippen LogP contribution in [0.4, 0.5) is 5.69 Å². The highest BCUT2D eigenvalue weighted by Crippen LogP contribution is 2.15. The second kappa shape index (κ2) is 14.5. The molecule has 6 heteroatoms. The van der Waals surface area contributed by atoms with Crippen molar-refractivity contribution in [2.24, 2.45) is 0 Å². The van der Waals surface area contributed by atoms with Crippen molar-refractivity contribution in [1.29, 1.82) is 0 Å². The SMILES string of the molecule is CC.CC.CC.CC(=O)N1CCN(c2ccc(C(=O)O)nc2)CC1. The van der Waals surface area contributed by atoms with Crippen LogP contribution >= 0.6 is 0 Å². The van der Waals surface area contributed by atoms with E-state index in [1.54, 1.807) is 24.1 Å². The summed E-state index contributed by atoms with van der Waals surface area (Å²) in [6.45, 7) is 16.4. The molecule has 1 amide bonds. The van der Waals surface area contributed by atoms with Crippen LogP contribution in [0.2, 0.25) is 0 Å². The van der Waals surface area contributed by atoms with Gasteiger partial charge in [0, 0.05) is 33.1 Å². The Kier molecular flexibility index (Phi) is 14.6. The number of rotatable bonds is 2. The average Bonchev–Trinajstić information content (AvgIpc) is 2.67. The fraction of sp³-hybridized carbons (Fsp3) is 0.611. The van der Waals surface area contributed by atoms with Crippen LogP contribution in [0.5, 0.6) is 0 Å². The first-order valence-corrected chi connectivity index (χ1v) is 8.78. The first-order valence-electron chi connectivity index (χ1n) is 8.78. The summed E-state index contributed by atoms with van der Waals surface area (Å²) in [5.74, 6) is -0.933. The molecule has 0 spiro atoms. The molecular formula is C18H33N3O3. The second-order valence-electron chi connectivity index (χ2n) is 4.20. The molecule has 0 aromatic carbocycles. The Labute approximate surface area is 146 Å². The Balaban J connectivity index is 0. The second-order valence-corrected chi connectivity index (χ2v) is 4.20. The minimum atomic E-state index is -1.03. The Morgan fingerprint density at radius 3 is 1.79 bits per heavy atom. The Bertz CT molecular complexity index is 453. The van der Waals surface area contributed by atoms with Crippen LogP contribution < -0.4 is 4.90 Å². The lowest BCUT2D eigenvalue weighted by molar-refractivity contribution is -0.129. The molecule has 1 fully saturated rings. The third kappa shape index (κ3) is 7.94. The smallest absolute Gasteiger partial charge is 0.354 e. The van der Waals surface area contributed by atoms with Gasteiger partial charge in [0.15, 0.2) is 0 Å². The van der Waals surface area contributed by atoms with Gasteiger partial charge in [0.2, 0.25) is 5.91 Å². The molecule has 0 radical (unpaired) electrons. The number of hydrogen-bond acceptors (Lipinski definition) is 4. The molecule has 0 unspecified atom stereocenters. The fourth-order valence-electron chi connectivity index (χ4n) is 1.98. The largest absolute Gasteiger partial charge is 0.477 e. The maximum absolute atomic E-state index is 11.2. The molecule has 24 heavy (non-hydrogen) atoms. The van der Waals surface area contributed by atoms with Crippen LogP contribution in [0.3, 0.4) is 0 Å². The Morgan fingerprint density at radius 2 is 1.46 bits per heavy atom. The summed E-state index contributed by atoms with van der Waals surface area (Å²) in [4.78, 5) is 29.7. The van der Waals surface area contributed by atoms with E-state index in [-0.39, 0.29) is 11.6 Å². The standard InChI is InChI=1S/C12H15N3O3.3C2H6/c1-9(16)14-4-6-15(7-5-14)10-2-3-11(12(17)18)13-8-10;3*1-2/h2-3,8H,4-7H2,1H3,(H,17,18);3*1-2H3. The van der Waals surface area contributed by atoms with Gasteiger partial charge in [-0.25, -0.2) is 9.78 Å². The van der Waals surface area contributed by atoms with Crippen LogP contribution in [-0.2, 0) is 4.79 Å². The number of carboxylic acid groups (broad SMARTS) is 1. The van der Waals surface area contributed by atoms with Gasteiger partial charge in [0.25, 0.3) is 0 Å². The monoisotopic (exact) mass is 339 g/mol. The van der Waals surface area contributed by atoms with E-state index in [9.17, 15) is 9.59 Å². The van der Waals surface area contributed by atoms with Gasteiger partial charge in [-0.3, -0.25) is 4.79 Å². The number of nitrogens with zero attached hydrogens (tertiary/aromatic N) is 3. The number of hydrogen-bond donors (Lipinski definition) is 1. The first kappa shape index (κ1) is 24.1. The van der Waals surface area contributed by atoms with E-state index in [0.29, 0.717) is 13.1 Å². The van der Waals surface area contributed by atoms with Crippen molar-refractivity contribution >= 4 is 17.6 Å². The molecule has 0 atom stereocenters. The molecule has 2 heterocycles. The van der Waals surface area contributed by atoms with Crippen LogP contribution in [0, 0.1) is 0 Å². The van der Waals surface area contributed by atoms with E-state index in [1.807, 2.05) is 41.5 Å². The number of carboxylic acids is 1. The molecule has 1 aliphatic rings. The van der Waals surface area contributed by atoms with Crippen LogP contribution in [0.15, 0.2) is 18.3 Å². The first-order chi connectivity index (χ1) is 11.6.